The number of allylic oxidation sites excluding steroid dienone is 4. The fourth-order valence-electron chi connectivity index (χ4n) is 4.45. The average molecular weight is 555 g/mol. The van der Waals surface area contributed by atoms with E-state index in [1.54, 1.807) is 26.0 Å². The molecule has 1 fully saturated rings. The molecule has 1 amide bonds. The van der Waals surface area contributed by atoms with Crippen molar-refractivity contribution in [3.63, 3.8) is 0 Å². The van der Waals surface area contributed by atoms with Gasteiger partial charge in [-0.1, -0.05) is 45.2 Å². The number of thioether (sulfide) groups is 1. The number of piperidine rings is 1. The Balaban J connectivity index is 0.00000213. The zero-order chi connectivity index (χ0) is 28.9. The molecule has 2 heterocycles. The summed E-state index contributed by atoms with van der Waals surface area (Å²) in [6.07, 6.45) is 9.83. The first-order valence-corrected chi connectivity index (χ1v) is 14.1. The lowest BCUT2D eigenvalue weighted by Gasteiger charge is -2.32. The Morgan fingerprint density at radius 1 is 1.05 bits per heavy atom. The number of fused-ring (bicyclic) bond motifs is 1. The normalized spacial score (nSPS) is 15.6. The number of alkyl halides is 2. The Bertz CT molecular complexity index is 856. The molecule has 2 aliphatic heterocycles. The minimum Gasteiger partial charge on any atom is -0.493 e. The van der Waals surface area contributed by atoms with Gasteiger partial charge in [0, 0.05) is 36.7 Å². The number of carbonyl (C=O) groups is 1. The highest BCUT2D eigenvalue weighted by atomic mass is 32.2. The zero-order valence-corrected chi connectivity index (χ0v) is 25.0. The highest BCUT2D eigenvalue weighted by Crippen LogP contribution is 2.37. The number of likely N-dealkylation sites (tertiary alicyclic amines) is 1. The number of ether oxygens (including phenoxy) is 2. The van der Waals surface area contributed by atoms with Gasteiger partial charge >= 0.3 is 0 Å². The minimum absolute atomic E-state index is 0.234. The molecule has 5 nitrogen and oxygen atoms in total. The number of halogens is 2. The Labute approximate surface area is 233 Å². The molecule has 0 N–H and O–H groups in total. The minimum atomic E-state index is 0.234. The molecule has 0 spiro atoms. The summed E-state index contributed by atoms with van der Waals surface area (Å²) in [4.78, 5) is 18.6. The summed E-state index contributed by atoms with van der Waals surface area (Å²) in [6, 6.07) is 4.04. The lowest BCUT2D eigenvalue weighted by atomic mass is 9.90. The van der Waals surface area contributed by atoms with E-state index in [0.717, 1.165) is 49.7 Å². The molecule has 1 aromatic rings. The molecule has 0 unspecified atom stereocenters. The molecule has 0 radical (unpaired) electrons. The van der Waals surface area contributed by atoms with E-state index in [1.165, 1.54) is 23.3 Å². The number of hydrogen-bond donors (Lipinski definition) is 0. The lowest BCUT2D eigenvalue weighted by Crippen LogP contribution is -2.38. The number of nitrogens with zero attached hydrogens (tertiary/aromatic N) is 2. The number of methoxy groups -OCH3 is 2. The molecule has 0 aliphatic carbocycles. The monoisotopic (exact) mass is 554 g/mol. The van der Waals surface area contributed by atoms with Crippen LogP contribution in [0.4, 0.5) is 8.78 Å². The summed E-state index contributed by atoms with van der Waals surface area (Å²) < 4.78 is 29.9. The first kappa shape index (κ1) is 35.7. The van der Waals surface area contributed by atoms with Crippen molar-refractivity contribution >= 4 is 17.7 Å². The number of benzene rings is 1. The second-order valence-corrected chi connectivity index (χ2v) is 9.54. The maximum absolute atomic E-state index is 13.0. The third-order valence-corrected chi connectivity index (χ3v) is 7.44. The van der Waals surface area contributed by atoms with E-state index in [-0.39, 0.29) is 5.91 Å². The molecule has 0 saturated carbocycles. The summed E-state index contributed by atoms with van der Waals surface area (Å²) in [5.74, 6) is 3.27. The van der Waals surface area contributed by atoms with Crippen LogP contribution in [-0.2, 0) is 11.3 Å². The van der Waals surface area contributed by atoms with Gasteiger partial charge in [0.25, 0.3) is 0 Å². The predicted molar refractivity (Wildman–Crippen MR) is 158 cm³/mol. The fourth-order valence-corrected chi connectivity index (χ4v) is 5.48. The van der Waals surface area contributed by atoms with Crippen molar-refractivity contribution in [2.24, 2.45) is 5.92 Å². The van der Waals surface area contributed by atoms with E-state index >= 15 is 0 Å². The van der Waals surface area contributed by atoms with Gasteiger partial charge < -0.3 is 19.3 Å². The molecule has 8 heteroatoms. The van der Waals surface area contributed by atoms with Crippen molar-refractivity contribution in [2.75, 3.05) is 60.5 Å². The predicted octanol–water partition coefficient (Wildman–Crippen LogP) is 7.13. The first-order chi connectivity index (χ1) is 18.6. The highest BCUT2D eigenvalue weighted by molar-refractivity contribution is 7.99. The Hall–Kier alpha value is -2.32. The van der Waals surface area contributed by atoms with Crippen LogP contribution in [0.3, 0.4) is 0 Å². The fraction of sp³-hybridized carbons (Fsp3) is 0.567. The molecule has 0 atom stereocenters. The second kappa shape index (κ2) is 21.6. The van der Waals surface area contributed by atoms with Crippen LogP contribution in [0.2, 0.25) is 0 Å². The van der Waals surface area contributed by atoms with Gasteiger partial charge in [-0.25, -0.2) is 0 Å². The standard InChI is InChI=1S/C26H36N2O3S.C2H6.2CH3F/c1-5-7-20(6-2)16-21-8-11-27(12-9-21)13-10-26(29)28-14-15-32-25-18-24(31-4)23(30-3)17-22(25)19-28;3*1-2/h5-7,17-18,21H,1-2,8-16,19H2,3-4H3;1-2H3;2*1H3/b20-7+;;;. The van der Waals surface area contributed by atoms with Crippen molar-refractivity contribution in [1.82, 2.24) is 9.80 Å². The van der Waals surface area contributed by atoms with Crippen molar-refractivity contribution in [3.05, 3.63) is 54.7 Å². The van der Waals surface area contributed by atoms with E-state index in [1.807, 2.05) is 43.0 Å². The van der Waals surface area contributed by atoms with Crippen LogP contribution in [0.1, 0.15) is 45.1 Å². The van der Waals surface area contributed by atoms with Gasteiger partial charge in [0.2, 0.25) is 5.91 Å². The molecule has 1 aromatic carbocycles. The summed E-state index contributed by atoms with van der Waals surface area (Å²) in [7, 11) is 4.30. The second-order valence-electron chi connectivity index (χ2n) is 8.40. The maximum atomic E-state index is 13.0. The van der Waals surface area contributed by atoms with Gasteiger partial charge in [-0.05, 0) is 61.5 Å². The molecule has 38 heavy (non-hydrogen) atoms. The molecular formula is C30H48F2N2O3S. The Morgan fingerprint density at radius 2 is 1.66 bits per heavy atom. The number of amides is 1. The third kappa shape index (κ3) is 11.6. The van der Waals surface area contributed by atoms with Gasteiger partial charge in [-0.2, -0.15) is 0 Å². The van der Waals surface area contributed by atoms with E-state index in [0.29, 0.717) is 39.0 Å². The number of hydrogen-bond acceptors (Lipinski definition) is 5. The van der Waals surface area contributed by atoms with Crippen LogP contribution in [0.5, 0.6) is 11.5 Å². The number of rotatable bonds is 9. The van der Waals surface area contributed by atoms with Crippen LogP contribution >= 0.6 is 11.8 Å². The van der Waals surface area contributed by atoms with Crippen molar-refractivity contribution in [3.8, 4) is 11.5 Å². The quantitative estimate of drug-likeness (QED) is 0.304. The maximum Gasteiger partial charge on any atom is 0.224 e. The van der Waals surface area contributed by atoms with Crippen molar-refractivity contribution in [2.45, 2.75) is 51.0 Å². The number of carbonyl (C=O) groups excluding carboxylic acids is 1. The van der Waals surface area contributed by atoms with Crippen LogP contribution in [0.25, 0.3) is 0 Å². The third-order valence-electron chi connectivity index (χ3n) is 6.37. The van der Waals surface area contributed by atoms with Gasteiger partial charge in [-0.15, -0.1) is 11.8 Å². The van der Waals surface area contributed by atoms with Gasteiger partial charge in [0.1, 0.15) is 0 Å². The molecule has 2 aliphatic rings. The summed E-state index contributed by atoms with van der Waals surface area (Å²) in [6.45, 7) is 16.1. The topological polar surface area (TPSA) is 42.0 Å². The SMILES string of the molecule is C=C/C=C(\C=C)CC1CCN(CCC(=O)N2CCSc3cc(OC)c(OC)cc3C2)CC1.CC.CF.CF. The summed E-state index contributed by atoms with van der Waals surface area (Å²) >= 11 is 1.78. The molecule has 3 rings (SSSR count). The van der Waals surface area contributed by atoms with Crippen LogP contribution in [-0.4, -0.2) is 76.2 Å². The van der Waals surface area contributed by atoms with Gasteiger partial charge in [0.05, 0.1) is 28.6 Å². The van der Waals surface area contributed by atoms with E-state index in [2.05, 4.69) is 24.1 Å². The van der Waals surface area contributed by atoms with Crippen LogP contribution < -0.4 is 9.47 Å². The molecule has 216 valence electrons. The van der Waals surface area contributed by atoms with E-state index in [9.17, 15) is 13.6 Å². The first-order valence-electron chi connectivity index (χ1n) is 13.1. The van der Waals surface area contributed by atoms with Crippen molar-refractivity contribution < 1.29 is 23.0 Å². The largest absolute Gasteiger partial charge is 0.493 e. The Kier molecular flexibility index (Phi) is 20.3. The van der Waals surface area contributed by atoms with E-state index < -0.39 is 0 Å². The molecular weight excluding hydrogens is 506 g/mol. The van der Waals surface area contributed by atoms with Crippen LogP contribution in [0, 0.1) is 5.92 Å². The van der Waals surface area contributed by atoms with E-state index in [4.69, 9.17) is 9.47 Å². The Morgan fingerprint density at radius 3 is 2.21 bits per heavy atom. The van der Waals surface area contributed by atoms with Crippen LogP contribution in [0.15, 0.2) is 54.0 Å². The van der Waals surface area contributed by atoms with Gasteiger partial charge in [0.15, 0.2) is 11.5 Å². The van der Waals surface area contributed by atoms with Gasteiger partial charge in [-0.3, -0.25) is 13.6 Å². The highest BCUT2D eigenvalue weighted by Gasteiger charge is 2.24. The summed E-state index contributed by atoms with van der Waals surface area (Å²) in [5, 5.41) is 0. The zero-order valence-electron chi connectivity index (χ0n) is 24.2. The molecule has 1 saturated heterocycles. The average Bonchev–Trinajstić information content (AvgIpc) is 3.20. The smallest absolute Gasteiger partial charge is 0.224 e. The summed E-state index contributed by atoms with van der Waals surface area (Å²) in [5.41, 5.74) is 2.40. The molecule has 0 bridgehead atoms. The van der Waals surface area contributed by atoms with Crippen molar-refractivity contribution in [1.29, 1.82) is 0 Å². The lowest BCUT2D eigenvalue weighted by molar-refractivity contribution is -0.132. The molecule has 0 aromatic heterocycles.